The smallest absolute Gasteiger partial charge is 0.433 e. The number of pyridine rings is 1. The first-order valence-electron chi connectivity index (χ1n) is 18.8. The van der Waals surface area contributed by atoms with Gasteiger partial charge in [0, 0.05) is 23.6 Å². The zero-order valence-electron chi connectivity index (χ0n) is 31.8. The molecular weight excluding hydrogens is 846 g/mol. The molecule has 0 spiro atoms. The Labute approximate surface area is 356 Å². The van der Waals surface area contributed by atoms with E-state index in [2.05, 4.69) is 17.0 Å². The molecule has 3 aromatic carbocycles. The van der Waals surface area contributed by atoms with Crippen molar-refractivity contribution in [1.82, 2.24) is 15.0 Å². The van der Waals surface area contributed by atoms with E-state index in [4.69, 9.17) is 39.5 Å². The topological polar surface area (TPSA) is 132 Å². The van der Waals surface area contributed by atoms with Crippen LogP contribution in [0, 0.1) is 23.7 Å². The monoisotopic (exact) mass is 879 g/mol. The summed E-state index contributed by atoms with van der Waals surface area (Å²) in [6.07, 6.45) is -1.31. The summed E-state index contributed by atoms with van der Waals surface area (Å²) in [4.78, 5) is 63.3. The Balaban J connectivity index is 1.31. The Morgan fingerprint density at radius 3 is 2.38 bits per heavy atom. The fourth-order valence-electron chi connectivity index (χ4n) is 9.54. The number of amides is 4. The number of fused-ring (bicyclic) bond motifs is 4. The van der Waals surface area contributed by atoms with Crippen LogP contribution in [0.25, 0.3) is 0 Å². The van der Waals surface area contributed by atoms with Gasteiger partial charge in [0.1, 0.15) is 17.2 Å². The quantitative estimate of drug-likeness (QED) is 0.125. The molecule has 3 fully saturated rings. The predicted octanol–water partition coefficient (Wildman–Crippen LogP) is 8.54. The number of halogens is 6. The number of alkyl halides is 3. The summed E-state index contributed by atoms with van der Waals surface area (Å²) in [6, 6.07) is 18.0. The van der Waals surface area contributed by atoms with E-state index in [1.807, 2.05) is 0 Å². The third-order valence-corrected chi connectivity index (χ3v) is 13.0. The number of hydrazine groups is 2. The van der Waals surface area contributed by atoms with Crippen LogP contribution in [0.2, 0.25) is 15.1 Å². The van der Waals surface area contributed by atoms with E-state index in [-0.39, 0.29) is 40.7 Å². The van der Waals surface area contributed by atoms with Crippen LogP contribution in [0.1, 0.15) is 41.1 Å². The number of carbonyl (C=O) groups is 4. The number of anilines is 2. The molecule has 11 nitrogen and oxygen atoms in total. The predicted molar refractivity (Wildman–Crippen MR) is 217 cm³/mol. The van der Waals surface area contributed by atoms with Gasteiger partial charge in [0.15, 0.2) is 5.82 Å². The van der Waals surface area contributed by atoms with Crippen molar-refractivity contribution in [2.75, 3.05) is 24.6 Å². The van der Waals surface area contributed by atoms with Crippen molar-refractivity contribution < 1.29 is 42.2 Å². The third-order valence-electron chi connectivity index (χ3n) is 12.1. The number of benzene rings is 3. The summed E-state index contributed by atoms with van der Waals surface area (Å²) in [5.41, 5.74) is 1.82. The van der Waals surface area contributed by atoms with Crippen molar-refractivity contribution in [1.29, 1.82) is 0 Å². The number of carbonyl (C=O) groups excluding carboxylic acids is 4. The first kappa shape index (κ1) is 41.2. The second-order valence-corrected chi connectivity index (χ2v) is 16.3. The molecule has 4 aromatic rings. The van der Waals surface area contributed by atoms with Crippen LogP contribution in [0.5, 0.6) is 11.5 Å². The number of hydrogen-bond acceptors (Lipinski definition) is 9. The minimum Gasteiger partial charge on any atom is -0.507 e. The first-order chi connectivity index (χ1) is 28.5. The zero-order chi connectivity index (χ0) is 43.0. The number of para-hydroxylation sites is 1. The van der Waals surface area contributed by atoms with Crippen molar-refractivity contribution in [2.45, 2.75) is 36.8 Å². The van der Waals surface area contributed by atoms with Crippen LogP contribution in [-0.2, 0) is 37.2 Å². The number of nitrogens with one attached hydrogen (secondary N) is 1. The molecule has 2 aliphatic heterocycles. The molecule has 6 atom stereocenters. The maximum Gasteiger partial charge on any atom is 0.433 e. The van der Waals surface area contributed by atoms with Crippen LogP contribution in [0.15, 0.2) is 97.1 Å². The molecule has 60 heavy (non-hydrogen) atoms. The van der Waals surface area contributed by atoms with Crippen LogP contribution < -0.4 is 15.2 Å². The summed E-state index contributed by atoms with van der Waals surface area (Å²) in [6.45, 7) is 3.82. The van der Waals surface area contributed by atoms with Gasteiger partial charge in [0.2, 0.25) is 0 Å². The maximum atomic E-state index is 15.5. The second-order valence-electron chi connectivity index (χ2n) is 15.1. The average Bonchev–Trinajstić information content (AvgIpc) is 3.59. The van der Waals surface area contributed by atoms with Crippen molar-refractivity contribution in [3.63, 3.8) is 0 Å². The van der Waals surface area contributed by atoms with Gasteiger partial charge in [-0.2, -0.15) is 23.2 Å². The van der Waals surface area contributed by atoms with Crippen LogP contribution in [0.3, 0.4) is 0 Å². The van der Waals surface area contributed by atoms with Crippen LogP contribution in [0.4, 0.5) is 24.7 Å². The summed E-state index contributed by atoms with van der Waals surface area (Å²) < 4.78 is 46.7. The van der Waals surface area contributed by atoms with Gasteiger partial charge in [-0.25, -0.2) is 4.98 Å². The fraction of sp³-hybridized carbons (Fsp3) is 0.279. The molecule has 17 heteroatoms. The normalized spacial score (nSPS) is 24.8. The maximum absolute atomic E-state index is 15.5. The lowest BCUT2D eigenvalue weighted by Gasteiger charge is -2.50. The molecular formula is C43H35Cl3F3N5O6. The molecule has 310 valence electrons. The van der Waals surface area contributed by atoms with E-state index in [9.17, 15) is 27.9 Å². The largest absolute Gasteiger partial charge is 0.507 e. The first-order valence-corrected chi connectivity index (χ1v) is 19.9. The number of aromatic nitrogens is 1. The van der Waals surface area contributed by atoms with Gasteiger partial charge >= 0.3 is 6.18 Å². The van der Waals surface area contributed by atoms with E-state index in [0.717, 1.165) is 21.1 Å². The summed E-state index contributed by atoms with van der Waals surface area (Å²) in [7, 11) is 2.71. The molecule has 3 heterocycles. The molecule has 4 amide bonds. The highest BCUT2D eigenvalue weighted by Crippen LogP contribution is 2.65. The molecule has 1 aromatic heterocycles. The molecule has 2 saturated heterocycles. The molecule has 2 aliphatic carbocycles. The SMILES string of the molecule is C=CCc1cccc([C@H]2C3=CC[C@@H]4C(=O)N(N(C)c5nc(C(F)(F)F)ccc5Cl)C(=O)[C@@H]4[C@@H]3C[C@H]3C(=O)N(Nc4ccc(Cl)cc4Cl)C(=O)[C@@]23c2ccc(OC)cc2)c1O. The number of aromatic hydroxyl groups is 1. The Bertz CT molecular complexity index is 2520. The summed E-state index contributed by atoms with van der Waals surface area (Å²) >= 11 is 19.0. The Hall–Kier alpha value is -5.57. The number of nitrogens with zero attached hydrogens (tertiary/aromatic N) is 4. The molecule has 4 aliphatic rings. The highest BCUT2D eigenvalue weighted by molar-refractivity contribution is 6.36. The van der Waals surface area contributed by atoms with E-state index >= 15 is 9.59 Å². The highest BCUT2D eigenvalue weighted by atomic mass is 35.5. The molecule has 0 unspecified atom stereocenters. The van der Waals surface area contributed by atoms with Crippen molar-refractivity contribution in [3.05, 3.63) is 135 Å². The van der Waals surface area contributed by atoms with Gasteiger partial charge in [-0.05, 0) is 78.8 Å². The average molecular weight is 881 g/mol. The number of rotatable bonds is 9. The number of hydrogen-bond donors (Lipinski definition) is 2. The number of phenols is 1. The van der Waals surface area contributed by atoms with Gasteiger partial charge < -0.3 is 9.84 Å². The van der Waals surface area contributed by atoms with Gasteiger partial charge in [-0.15, -0.1) is 6.58 Å². The molecule has 2 N–H and O–H groups in total. The second kappa shape index (κ2) is 15.2. The Kier molecular flexibility index (Phi) is 10.4. The Morgan fingerprint density at radius 2 is 1.72 bits per heavy atom. The Morgan fingerprint density at radius 1 is 0.983 bits per heavy atom. The lowest BCUT2D eigenvalue weighted by molar-refractivity contribution is -0.142. The molecule has 0 bridgehead atoms. The van der Waals surface area contributed by atoms with Gasteiger partial charge in [0.05, 0.1) is 46.0 Å². The number of phenolic OH excluding ortho intramolecular Hbond substituents is 1. The van der Waals surface area contributed by atoms with Crippen molar-refractivity contribution in [2.24, 2.45) is 23.7 Å². The van der Waals surface area contributed by atoms with E-state index in [1.165, 1.54) is 32.4 Å². The minimum absolute atomic E-state index is 0.00732. The fourth-order valence-corrected chi connectivity index (χ4v) is 10.2. The molecule has 1 saturated carbocycles. The van der Waals surface area contributed by atoms with Gasteiger partial charge in [-0.3, -0.25) is 29.6 Å². The minimum atomic E-state index is -4.85. The number of allylic oxidation sites excluding steroid dienone is 3. The van der Waals surface area contributed by atoms with Crippen LogP contribution in [-0.4, -0.2) is 57.9 Å². The van der Waals surface area contributed by atoms with E-state index in [0.29, 0.717) is 39.1 Å². The highest BCUT2D eigenvalue weighted by Gasteiger charge is 2.71. The van der Waals surface area contributed by atoms with Crippen LogP contribution >= 0.6 is 34.8 Å². The van der Waals surface area contributed by atoms with Crippen molar-refractivity contribution >= 4 is 69.9 Å². The standard InChI is InChI=1S/C43H35Cl3F3N5O6/c1-4-6-21-7-5-8-27(36(21)55)35-25-14-15-26-34(40(58)54(38(26)56)52(2)37-30(45)16-18-33(50-37)43(47,48)49)28(25)20-29-39(57)53(51-32-17-11-23(44)19-31(32)46)41(59)42(29,35)22-9-12-24(60-3)13-10-22/h4-5,7-14,16-19,26,28-29,34-35,51,55H,1,6,15,20H2,2-3H3/t26-,28+,29-,34-,35+,42+/m0/s1. The number of imide groups is 2. The molecule has 0 radical (unpaired) electrons. The zero-order valence-corrected chi connectivity index (χ0v) is 34.1. The van der Waals surface area contributed by atoms with Gasteiger partial charge in [-0.1, -0.05) is 82.9 Å². The number of methoxy groups -OCH3 is 1. The van der Waals surface area contributed by atoms with E-state index in [1.54, 1.807) is 54.6 Å². The van der Waals surface area contributed by atoms with Gasteiger partial charge in [0.25, 0.3) is 23.6 Å². The third kappa shape index (κ3) is 6.29. The molecule has 8 rings (SSSR count). The number of ether oxygens (including phenoxy) is 1. The van der Waals surface area contributed by atoms with E-state index < -0.39 is 76.3 Å². The lowest BCUT2D eigenvalue weighted by atomic mass is 9.49. The summed E-state index contributed by atoms with van der Waals surface area (Å²) in [5, 5.41) is 14.9. The lowest BCUT2D eigenvalue weighted by Crippen LogP contribution is -2.53. The van der Waals surface area contributed by atoms with Crippen molar-refractivity contribution in [3.8, 4) is 11.5 Å². The summed E-state index contributed by atoms with van der Waals surface area (Å²) in [5.74, 6) is -8.24.